The first kappa shape index (κ1) is 19.4. The van der Waals surface area contributed by atoms with Crippen molar-refractivity contribution in [1.29, 1.82) is 0 Å². The third-order valence-corrected chi connectivity index (χ3v) is 5.39. The van der Waals surface area contributed by atoms with Crippen LogP contribution >= 0.6 is 0 Å². The molecule has 0 fully saturated rings. The van der Waals surface area contributed by atoms with Crippen molar-refractivity contribution in [2.24, 2.45) is 0 Å². The molecule has 0 saturated carbocycles. The van der Waals surface area contributed by atoms with Crippen LogP contribution in [-0.4, -0.2) is 15.5 Å². The maximum absolute atomic E-state index is 13.5. The molecule has 0 radical (unpaired) electrons. The van der Waals surface area contributed by atoms with Crippen LogP contribution in [0.5, 0.6) is 11.5 Å². The molecule has 2 aromatic rings. The highest BCUT2D eigenvalue weighted by molar-refractivity contribution is 7.89. The molecule has 0 aliphatic rings. The van der Waals surface area contributed by atoms with Gasteiger partial charge >= 0.3 is 0 Å². The van der Waals surface area contributed by atoms with E-state index >= 15 is 0 Å². The van der Waals surface area contributed by atoms with Crippen molar-refractivity contribution in [3.8, 4) is 11.5 Å². The quantitative estimate of drug-likeness (QED) is 0.871. The maximum Gasteiger partial charge on any atom is 0.240 e. The Labute approximate surface area is 149 Å². The Balaban J connectivity index is 2.59. The van der Waals surface area contributed by atoms with E-state index in [2.05, 4.69) is 4.72 Å². The Hall–Kier alpha value is -1.92. The summed E-state index contributed by atoms with van der Waals surface area (Å²) in [4.78, 5) is 0.180. The summed E-state index contributed by atoms with van der Waals surface area (Å²) in [5, 5.41) is 0. The summed E-state index contributed by atoms with van der Waals surface area (Å²) in [6.07, 6.45) is 0. The van der Waals surface area contributed by atoms with Crippen LogP contribution in [0.1, 0.15) is 37.5 Å². The van der Waals surface area contributed by atoms with Gasteiger partial charge in [-0.25, -0.2) is 17.5 Å². The summed E-state index contributed by atoms with van der Waals surface area (Å²) >= 11 is 0. The average Bonchev–Trinajstić information content (AvgIpc) is 2.49. The van der Waals surface area contributed by atoms with Gasteiger partial charge in [0.25, 0.3) is 0 Å². The van der Waals surface area contributed by atoms with Gasteiger partial charge in [-0.2, -0.15) is 0 Å². The predicted molar refractivity (Wildman–Crippen MR) is 97.3 cm³/mol. The summed E-state index contributed by atoms with van der Waals surface area (Å²) < 4.78 is 46.1. The van der Waals surface area contributed by atoms with E-state index < -0.39 is 10.0 Å². The average molecular weight is 365 g/mol. The Morgan fingerprint density at radius 2 is 1.60 bits per heavy atom. The highest BCUT2D eigenvalue weighted by Gasteiger charge is 2.24. The Bertz CT molecular complexity index is 876. The zero-order valence-corrected chi connectivity index (χ0v) is 16.2. The lowest BCUT2D eigenvalue weighted by molar-refractivity contribution is 0.446. The molecule has 2 aromatic carbocycles. The van der Waals surface area contributed by atoms with Crippen LogP contribution in [0, 0.1) is 19.7 Å². The van der Waals surface area contributed by atoms with Gasteiger partial charge in [0.05, 0.1) is 4.90 Å². The molecule has 1 N–H and O–H groups in total. The fourth-order valence-corrected chi connectivity index (χ4v) is 3.39. The first-order valence-electron chi connectivity index (χ1n) is 7.98. The normalized spacial score (nSPS) is 12.3. The van der Waals surface area contributed by atoms with Crippen LogP contribution in [0.4, 0.5) is 4.39 Å². The minimum atomic E-state index is -3.55. The van der Waals surface area contributed by atoms with Gasteiger partial charge in [-0.05, 0) is 67.8 Å². The second-order valence-corrected chi connectivity index (χ2v) is 8.97. The molecule has 2 rings (SSSR count). The summed E-state index contributed by atoms with van der Waals surface area (Å²) in [5.74, 6) is 0.824. The molecule has 0 aliphatic heterocycles. The number of rotatable bonds is 4. The van der Waals surface area contributed by atoms with Crippen molar-refractivity contribution in [2.45, 2.75) is 44.9 Å². The van der Waals surface area contributed by atoms with Crippen molar-refractivity contribution in [3.63, 3.8) is 0 Å². The third-order valence-electron chi connectivity index (χ3n) is 3.98. The minimum absolute atomic E-state index is 0.180. The number of benzene rings is 2. The molecule has 0 heterocycles. The zero-order valence-electron chi connectivity index (χ0n) is 15.4. The number of nitrogens with one attached hydrogen (secondary N) is 1. The topological polar surface area (TPSA) is 55.4 Å². The summed E-state index contributed by atoms with van der Waals surface area (Å²) in [6, 6.07) is 7.60. The van der Waals surface area contributed by atoms with Crippen LogP contribution in [0.25, 0.3) is 0 Å². The molecule has 25 heavy (non-hydrogen) atoms. The zero-order chi connectivity index (χ0) is 19.0. The largest absolute Gasteiger partial charge is 0.457 e. The van der Waals surface area contributed by atoms with Crippen molar-refractivity contribution in [2.75, 3.05) is 7.05 Å². The van der Waals surface area contributed by atoms with Crippen LogP contribution in [-0.2, 0) is 15.4 Å². The lowest BCUT2D eigenvalue weighted by Gasteiger charge is -2.24. The van der Waals surface area contributed by atoms with E-state index in [9.17, 15) is 12.8 Å². The number of hydrogen-bond donors (Lipinski definition) is 1. The first-order chi connectivity index (χ1) is 11.5. The lowest BCUT2D eigenvalue weighted by Crippen LogP contribution is -2.20. The molecule has 0 spiro atoms. The molecule has 0 unspecified atom stereocenters. The number of sulfonamides is 1. The second kappa shape index (κ2) is 6.77. The molecular formula is C19H24FNO3S. The first-order valence-corrected chi connectivity index (χ1v) is 9.46. The van der Waals surface area contributed by atoms with Gasteiger partial charge in [-0.1, -0.05) is 20.8 Å². The third kappa shape index (κ3) is 4.19. The standard InChI is InChI=1S/C19H24FNO3S/c1-12-9-14(20)10-13(2)18(12)24-17-8-7-15(25(22,23)21-6)11-16(17)19(3,4)5/h7-11,21H,1-6H3. The Morgan fingerprint density at radius 3 is 2.08 bits per heavy atom. The molecule has 0 saturated heterocycles. The second-order valence-electron chi connectivity index (χ2n) is 7.09. The van der Waals surface area contributed by atoms with E-state index in [4.69, 9.17) is 4.74 Å². The number of halogens is 1. The Morgan fingerprint density at radius 1 is 1.04 bits per heavy atom. The predicted octanol–water partition coefficient (Wildman–Crippen LogP) is 4.44. The fourth-order valence-electron chi connectivity index (χ4n) is 2.64. The van der Waals surface area contributed by atoms with E-state index in [0.29, 0.717) is 22.6 Å². The van der Waals surface area contributed by atoms with Gasteiger partial charge in [0.2, 0.25) is 10.0 Å². The Kier molecular flexibility index (Phi) is 5.25. The van der Waals surface area contributed by atoms with Crippen molar-refractivity contribution in [1.82, 2.24) is 4.72 Å². The van der Waals surface area contributed by atoms with Gasteiger partial charge in [-0.15, -0.1) is 0 Å². The van der Waals surface area contributed by atoms with Crippen molar-refractivity contribution < 1.29 is 17.5 Å². The summed E-state index contributed by atoms with van der Waals surface area (Å²) in [6.45, 7) is 9.50. The SMILES string of the molecule is CNS(=O)(=O)c1ccc(Oc2c(C)cc(F)cc2C)c(C(C)(C)C)c1. The summed E-state index contributed by atoms with van der Waals surface area (Å²) in [7, 11) is -2.17. The maximum atomic E-state index is 13.5. The van der Waals surface area contributed by atoms with Gasteiger partial charge in [0, 0.05) is 5.56 Å². The minimum Gasteiger partial charge on any atom is -0.457 e. The van der Waals surface area contributed by atoms with Crippen LogP contribution < -0.4 is 9.46 Å². The van der Waals surface area contributed by atoms with Crippen LogP contribution in [0.15, 0.2) is 35.2 Å². The molecule has 0 aromatic heterocycles. The highest BCUT2D eigenvalue weighted by Crippen LogP contribution is 2.38. The van der Waals surface area contributed by atoms with Gasteiger partial charge in [0.15, 0.2) is 0 Å². The van der Waals surface area contributed by atoms with Crippen molar-refractivity contribution in [3.05, 3.63) is 52.8 Å². The van der Waals surface area contributed by atoms with E-state index in [1.165, 1.54) is 25.2 Å². The van der Waals surface area contributed by atoms with Crippen LogP contribution in [0.2, 0.25) is 0 Å². The highest BCUT2D eigenvalue weighted by atomic mass is 32.2. The fraction of sp³-hybridized carbons (Fsp3) is 0.368. The van der Waals surface area contributed by atoms with Gasteiger partial charge in [0.1, 0.15) is 17.3 Å². The molecule has 0 bridgehead atoms. The molecule has 0 amide bonds. The monoisotopic (exact) mass is 365 g/mol. The van der Waals surface area contributed by atoms with Gasteiger partial charge in [-0.3, -0.25) is 0 Å². The van der Waals surface area contributed by atoms with Crippen molar-refractivity contribution >= 4 is 10.0 Å². The number of hydrogen-bond acceptors (Lipinski definition) is 3. The molecule has 0 atom stereocenters. The summed E-state index contributed by atoms with van der Waals surface area (Å²) in [5.41, 5.74) is 1.79. The number of ether oxygens (including phenoxy) is 1. The molecule has 0 aliphatic carbocycles. The molecular weight excluding hydrogens is 341 g/mol. The van der Waals surface area contributed by atoms with Gasteiger partial charge < -0.3 is 4.74 Å². The molecule has 136 valence electrons. The van der Waals surface area contributed by atoms with E-state index in [-0.39, 0.29) is 16.1 Å². The van der Waals surface area contributed by atoms with E-state index in [1.807, 2.05) is 20.8 Å². The molecule has 4 nitrogen and oxygen atoms in total. The number of aryl methyl sites for hydroxylation is 2. The smallest absolute Gasteiger partial charge is 0.240 e. The van der Waals surface area contributed by atoms with E-state index in [0.717, 1.165) is 5.56 Å². The molecule has 6 heteroatoms. The van der Waals surface area contributed by atoms with Crippen LogP contribution in [0.3, 0.4) is 0 Å². The lowest BCUT2D eigenvalue weighted by atomic mass is 9.86. The van der Waals surface area contributed by atoms with E-state index in [1.54, 1.807) is 26.0 Å².